The van der Waals surface area contributed by atoms with Gasteiger partial charge in [-0.25, -0.2) is 0 Å². The largest absolute Gasteiger partial charge is 0.454 e. The average Bonchev–Trinajstić information content (AvgIpc) is 2.89. The van der Waals surface area contributed by atoms with E-state index >= 15 is 0 Å². The van der Waals surface area contributed by atoms with Gasteiger partial charge in [-0.3, -0.25) is 9.69 Å². The van der Waals surface area contributed by atoms with Gasteiger partial charge in [0.05, 0.1) is 0 Å². The number of piperidine rings is 1. The zero-order valence-corrected chi connectivity index (χ0v) is 15.0. The summed E-state index contributed by atoms with van der Waals surface area (Å²) in [5.74, 6) is 2.08. The lowest BCUT2D eigenvalue weighted by atomic mass is 9.95. The number of hydrogen-bond donors (Lipinski definition) is 0. The average molecular weight is 342 g/mol. The maximum atomic E-state index is 13.0. The van der Waals surface area contributed by atoms with E-state index in [9.17, 15) is 4.79 Å². The highest BCUT2D eigenvalue weighted by Crippen LogP contribution is 2.34. The van der Waals surface area contributed by atoms with Gasteiger partial charge in [-0.2, -0.15) is 0 Å². The number of allylic oxidation sites excluding steroid dienone is 1. The Morgan fingerprint density at radius 1 is 1.16 bits per heavy atom. The van der Waals surface area contributed by atoms with E-state index in [1.165, 1.54) is 18.4 Å². The summed E-state index contributed by atoms with van der Waals surface area (Å²) < 4.78 is 10.8. The van der Waals surface area contributed by atoms with Crippen LogP contribution in [0.5, 0.6) is 11.5 Å². The summed E-state index contributed by atoms with van der Waals surface area (Å²) >= 11 is 0. The Labute approximate surface area is 149 Å². The number of ether oxygens (including phenoxy) is 2. The van der Waals surface area contributed by atoms with Crippen LogP contribution in [-0.4, -0.2) is 54.7 Å². The molecule has 3 saturated heterocycles. The minimum atomic E-state index is 0.110. The Hall–Kier alpha value is -2.01. The number of amides is 1. The second-order valence-corrected chi connectivity index (χ2v) is 7.61. The van der Waals surface area contributed by atoms with Crippen molar-refractivity contribution in [2.24, 2.45) is 5.92 Å². The molecule has 1 aromatic rings. The minimum absolute atomic E-state index is 0.110. The van der Waals surface area contributed by atoms with Gasteiger partial charge in [-0.1, -0.05) is 11.6 Å². The molecule has 25 heavy (non-hydrogen) atoms. The first-order chi connectivity index (χ1) is 12.1. The van der Waals surface area contributed by atoms with Crippen LogP contribution in [0.2, 0.25) is 0 Å². The lowest BCUT2D eigenvalue weighted by molar-refractivity contribution is 0.0740. The molecule has 2 bridgehead atoms. The van der Waals surface area contributed by atoms with E-state index in [1.807, 2.05) is 23.1 Å². The van der Waals surface area contributed by atoms with Crippen molar-refractivity contribution in [2.45, 2.75) is 32.7 Å². The van der Waals surface area contributed by atoms with Gasteiger partial charge in [0, 0.05) is 37.8 Å². The lowest BCUT2D eigenvalue weighted by Crippen LogP contribution is -2.44. The van der Waals surface area contributed by atoms with Crippen LogP contribution in [0.3, 0.4) is 0 Å². The Balaban J connectivity index is 1.50. The number of nitrogens with zero attached hydrogens (tertiary/aromatic N) is 2. The summed E-state index contributed by atoms with van der Waals surface area (Å²) in [4.78, 5) is 17.6. The first kappa shape index (κ1) is 16.5. The smallest absolute Gasteiger partial charge is 0.254 e. The minimum Gasteiger partial charge on any atom is -0.454 e. The van der Waals surface area contributed by atoms with Crippen LogP contribution >= 0.6 is 0 Å². The Bertz CT molecular complexity index is 696. The highest BCUT2D eigenvalue weighted by Gasteiger charge is 2.36. The molecule has 5 nitrogen and oxygen atoms in total. The maximum absolute atomic E-state index is 13.0. The van der Waals surface area contributed by atoms with E-state index in [0.717, 1.165) is 31.9 Å². The van der Waals surface area contributed by atoms with Crippen molar-refractivity contribution in [2.75, 3.05) is 33.0 Å². The summed E-state index contributed by atoms with van der Waals surface area (Å²) in [6.07, 6.45) is 4.71. The van der Waals surface area contributed by atoms with E-state index in [2.05, 4.69) is 24.8 Å². The molecule has 5 rings (SSSR count). The first-order valence-electron chi connectivity index (χ1n) is 9.16. The maximum Gasteiger partial charge on any atom is 0.254 e. The fourth-order valence-corrected chi connectivity index (χ4v) is 4.08. The van der Waals surface area contributed by atoms with E-state index in [-0.39, 0.29) is 12.7 Å². The number of carbonyl (C=O) groups excluding carboxylic acids is 1. The highest BCUT2D eigenvalue weighted by molar-refractivity contribution is 5.95. The Morgan fingerprint density at radius 3 is 2.84 bits per heavy atom. The lowest BCUT2D eigenvalue weighted by Gasteiger charge is -2.35. The molecule has 4 heterocycles. The zero-order valence-electron chi connectivity index (χ0n) is 15.0. The van der Waals surface area contributed by atoms with Gasteiger partial charge in [0.1, 0.15) is 0 Å². The normalized spacial score (nSPS) is 25.0. The molecule has 0 N–H and O–H groups in total. The zero-order chi connectivity index (χ0) is 17.4. The monoisotopic (exact) mass is 342 g/mol. The van der Waals surface area contributed by atoms with Crippen LogP contribution in [0, 0.1) is 5.92 Å². The molecule has 3 fully saturated rings. The van der Waals surface area contributed by atoms with Crippen LogP contribution in [-0.2, 0) is 0 Å². The van der Waals surface area contributed by atoms with Crippen molar-refractivity contribution in [3.8, 4) is 11.5 Å². The van der Waals surface area contributed by atoms with Crippen molar-refractivity contribution in [1.82, 2.24) is 9.80 Å². The molecule has 0 spiro atoms. The number of hydrogen-bond acceptors (Lipinski definition) is 4. The fraction of sp³-hybridized carbons (Fsp3) is 0.550. The molecule has 1 aromatic carbocycles. The molecule has 134 valence electrons. The molecule has 0 saturated carbocycles. The van der Waals surface area contributed by atoms with Crippen molar-refractivity contribution < 1.29 is 14.3 Å². The summed E-state index contributed by atoms with van der Waals surface area (Å²) in [6, 6.07) is 5.97. The van der Waals surface area contributed by atoms with Gasteiger partial charge in [0.15, 0.2) is 11.5 Å². The van der Waals surface area contributed by atoms with Crippen molar-refractivity contribution in [3.63, 3.8) is 0 Å². The van der Waals surface area contributed by atoms with Crippen molar-refractivity contribution >= 4 is 5.91 Å². The van der Waals surface area contributed by atoms with Crippen LogP contribution in [0.25, 0.3) is 0 Å². The molecular formula is C20H26N2O3. The van der Waals surface area contributed by atoms with Gasteiger partial charge < -0.3 is 14.4 Å². The van der Waals surface area contributed by atoms with E-state index in [1.54, 1.807) is 0 Å². The summed E-state index contributed by atoms with van der Waals surface area (Å²) in [6.45, 7) is 8.29. The molecule has 4 aliphatic heterocycles. The molecule has 0 unspecified atom stereocenters. The number of rotatable bonds is 3. The fourth-order valence-electron chi connectivity index (χ4n) is 4.08. The predicted octanol–water partition coefficient (Wildman–Crippen LogP) is 2.92. The molecule has 0 aliphatic carbocycles. The third-order valence-electron chi connectivity index (χ3n) is 5.47. The second-order valence-electron chi connectivity index (χ2n) is 7.61. The quantitative estimate of drug-likeness (QED) is 0.792. The third kappa shape index (κ3) is 3.38. The SMILES string of the molecule is CC(C)=CCN1C[C@H]2CC[C@@H]1CN(C(=O)c1ccc3c(c1)OCO3)C2. The molecule has 1 amide bonds. The van der Waals surface area contributed by atoms with Gasteiger partial charge in [-0.05, 0) is 50.8 Å². The third-order valence-corrected chi connectivity index (χ3v) is 5.47. The van der Waals surface area contributed by atoms with Gasteiger partial charge in [-0.15, -0.1) is 0 Å². The van der Waals surface area contributed by atoms with Gasteiger partial charge >= 0.3 is 0 Å². The number of fused-ring (bicyclic) bond motifs is 5. The molecule has 5 heteroatoms. The predicted molar refractivity (Wildman–Crippen MR) is 96.0 cm³/mol. The van der Waals surface area contributed by atoms with E-state index < -0.39 is 0 Å². The number of carbonyl (C=O) groups is 1. The van der Waals surface area contributed by atoms with Crippen LogP contribution in [0.15, 0.2) is 29.8 Å². The number of benzene rings is 1. The van der Waals surface area contributed by atoms with Crippen LogP contribution in [0.4, 0.5) is 0 Å². The molecule has 0 aromatic heterocycles. The highest BCUT2D eigenvalue weighted by atomic mass is 16.7. The van der Waals surface area contributed by atoms with E-state index in [4.69, 9.17) is 9.47 Å². The van der Waals surface area contributed by atoms with Gasteiger partial charge in [0.25, 0.3) is 5.91 Å². The molecule has 0 radical (unpaired) electrons. The Morgan fingerprint density at radius 2 is 2.00 bits per heavy atom. The van der Waals surface area contributed by atoms with Crippen molar-refractivity contribution in [1.29, 1.82) is 0 Å². The summed E-state index contributed by atoms with van der Waals surface area (Å²) in [7, 11) is 0. The Kier molecular flexibility index (Phi) is 4.42. The first-order valence-corrected chi connectivity index (χ1v) is 9.16. The summed E-state index contributed by atoms with van der Waals surface area (Å²) in [5.41, 5.74) is 2.05. The molecular weight excluding hydrogens is 316 g/mol. The van der Waals surface area contributed by atoms with Crippen LogP contribution < -0.4 is 9.47 Å². The molecule has 2 atom stereocenters. The van der Waals surface area contributed by atoms with Crippen molar-refractivity contribution in [3.05, 3.63) is 35.4 Å². The van der Waals surface area contributed by atoms with Gasteiger partial charge in [0.2, 0.25) is 6.79 Å². The standard InChI is InChI=1S/C20H26N2O3/c1-14(2)7-8-21-10-15-3-5-17(21)12-22(11-15)20(23)16-4-6-18-19(9-16)25-13-24-18/h4,6-7,9,15,17H,3,5,8,10-13H2,1-2H3/t15-,17-/m1/s1. The van der Waals surface area contributed by atoms with E-state index in [0.29, 0.717) is 23.3 Å². The topological polar surface area (TPSA) is 42.0 Å². The van der Waals surface area contributed by atoms with Crippen LogP contribution in [0.1, 0.15) is 37.0 Å². The second kappa shape index (κ2) is 6.71. The summed E-state index contributed by atoms with van der Waals surface area (Å²) in [5, 5.41) is 0. The molecule has 4 aliphatic rings.